The summed E-state index contributed by atoms with van der Waals surface area (Å²) < 4.78 is 6.05. The molecule has 0 radical (unpaired) electrons. The number of hydrogen-bond donors (Lipinski definition) is 0. The zero-order valence-electron chi connectivity index (χ0n) is 9.85. The first kappa shape index (κ1) is 9.66. The van der Waals surface area contributed by atoms with Gasteiger partial charge >= 0.3 is 0 Å². The van der Waals surface area contributed by atoms with Gasteiger partial charge in [0, 0.05) is 12.3 Å². The van der Waals surface area contributed by atoms with Gasteiger partial charge in [-0.2, -0.15) is 0 Å². The summed E-state index contributed by atoms with van der Waals surface area (Å²) in [7, 11) is 0. The molecule has 3 heteroatoms. The van der Waals surface area contributed by atoms with Crippen LogP contribution in [0.15, 0.2) is 28.8 Å². The van der Waals surface area contributed by atoms with Crippen molar-refractivity contribution in [3.63, 3.8) is 0 Å². The quantitative estimate of drug-likeness (QED) is 0.751. The minimum Gasteiger partial charge on any atom is -0.457 e. The Morgan fingerprint density at radius 3 is 2.82 bits per heavy atom. The van der Waals surface area contributed by atoms with E-state index in [-0.39, 0.29) is 5.54 Å². The molecule has 3 nitrogen and oxygen atoms in total. The van der Waals surface area contributed by atoms with Gasteiger partial charge in [0.05, 0.1) is 5.54 Å². The van der Waals surface area contributed by atoms with E-state index in [0.717, 1.165) is 16.9 Å². The molecule has 0 N–H and O–H groups in total. The Bertz CT molecular complexity index is 517. The molecular formula is C14H16N2O. The van der Waals surface area contributed by atoms with E-state index >= 15 is 0 Å². The number of nitrogens with zero attached hydrogens (tertiary/aromatic N) is 2. The van der Waals surface area contributed by atoms with Crippen molar-refractivity contribution in [2.24, 2.45) is 0 Å². The Kier molecular flexibility index (Phi) is 1.89. The van der Waals surface area contributed by atoms with Gasteiger partial charge in [0.25, 0.3) is 0 Å². The van der Waals surface area contributed by atoms with E-state index in [1.807, 2.05) is 18.3 Å². The predicted octanol–water partition coefficient (Wildman–Crippen LogP) is 2.91. The Morgan fingerprint density at radius 2 is 2.06 bits per heavy atom. The summed E-state index contributed by atoms with van der Waals surface area (Å²) in [5, 5.41) is 0. The Hall–Kier alpha value is -1.35. The molecule has 2 aliphatic heterocycles. The van der Waals surface area contributed by atoms with Crippen LogP contribution in [0.2, 0.25) is 0 Å². The van der Waals surface area contributed by atoms with Crippen molar-refractivity contribution in [2.75, 3.05) is 13.1 Å². The lowest BCUT2D eigenvalue weighted by Gasteiger charge is -2.29. The van der Waals surface area contributed by atoms with Gasteiger partial charge in [-0.25, -0.2) is 0 Å². The van der Waals surface area contributed by atoms with Crippen LogP contribution in [0.25, 0.3) is 11.1 Å². The van der Waals surface area contributed by atoms with Crippen LogP contribution in [-0.4, -0.2) is 23.0 Å². The SMILES string of the molecule is c1cnc2cc(C34CCCN3CCC4)oc2c1. The van der Waals surface area contributed by atoms with Gasteiger partial charge in [-0.05, 0) is 50.9 Å². The van der Waals surface area contributed by atoms with Crippen LogP contribution in [-0.2, 0) is 5.54 Å². The van der Waals surface area contributed by atoms with Gasteiger partial charge in [-0.15, -0.1) is 0 Å². The molecule has 0 atom stereocenters. The van der Waals surface area contributed by atoms with Crippen molar-refractivity contribution < 1.29 is 4.42 Å². The monoisotopic (exact) mass is 228 g/mol. The molecule has 2 aliphatic rings. The third-order valence-electron chi connectivity index (χ3n) is 4.39. The van der Waals surface area contributed by atoms with Gasteiger partial charge in [-0.1, -0.05) is 0 Å². The summed E-state index contributed by atoms with van der Waals surface area (Å²) in [6, 6.07) is 6.10. The molecule has 0 amide bonds. The fourth-order valence-corrected chi connectivity index (χ4v) is 3.61. The van der Waals surface area contributed by atoms with Gasteiger partial charge in [0.1, 0.15) is 11.3 Å². The van der Waals surface area contributed by atoms with Crippen molar-refractivity contribution in [1.29, 1.82) is 0 Å². The fourth-order valence-electron chi connectivity index (χ4n) is 3.61. The largest absolute Gasteiger partial charge is 0.457 e. The fraction of sp³-hybridized carbons (Fsp3) is 0.500. The first-order valence-electron chi connectivity index (χ1n) is 6.49. The van der Waals surface area contributed by atoms with Crippen LogP contribution in [0.1, 0.15) is 31.4 Å². The topological polar surface area (TPSA) is 29.3 Å². The number of hydrogen-bond acceptors (Lipinski definition) is 3. The molecule has 4 rings (SSSR count). The number of rotatable bonds is 1. The molecule has 4 heterocycles. The molecular weight excluding hydrogens is 212 g/mol. The van der Waals surface area contributed by atoms with Crippen molar-refractivity contribution in [1.82, 2.24) is 9.88 Å². The molecule has 2 aromatic rings. The van der Waals surface area contributed by atoms with Gasteiger partial charge < -0.3 is 4.42 Å². The molecule has 2 aromatic heterocycles. The molecule has 88 valence electrons. The summed E-state index contributed by atoms with van der Waals surface area (Å²) in [5.41, 5.74) is 2.12. The number of aromatic nitrogens is 1. The maximum absolute atomic E-state index is 6.05. The van der Waals surface area contributed by atoms with Crippen LogP contribution < -0.4 is 0 Å². The average Bonchev–Trinajstić information content (AvgIpc) is 3.01. The average molecular weight is 228 g/mol. The normalized spacial score (nSPS) is 23.3. The van der Waals surface area contributed by atoms with Gasteiger partial charge in [0.2, 0.25) is 0 Å². The first-order chi connectivity index (χ1) is 8.38. The van der Waals surface area contributed by atoms with E-state index in [2.05, 4.69) is 16.0 Å². The van der Waals surface area contributed by atoms with E-state index in [9.17, 15) is 0 Å². The van der Waals surface area contributed by atoms with Crippen molar-refractivity contribution in [3.8, 4) is 0 Å². The first-order valence-corrected chi connectivity index (χ1v) is 6.49. The summed E-state index contributed by atoms with van der Waals surface area (Å²) in [4.78, 5) is 6.97. The minimum atomic E-state index is 0.195. The Morgan fingerprint density at radius 1 is 1.24 bits per heavy atom. The second-order valence-electron chi connectivity index (χ2n) is 5.22. The maximum atomic E-state index is 6.05. The molecule has 0 aromatic carbocycles. The number of pyridine rings is 1. The number of furan rings is 1. The molecule has 0 saturated carbocycles. The highest BCUT2D eigenvalue weighted by molar-refractivity contribution is 5.73. The summed E-state index contributed by atoms with van der Waals surface area (Å²) in [5.74, 6) is 1.14. The van der Waals surface area contributed by atoms with E-state index in [1.165, 1.54) is 38.8 Å². The molecule has 0 bridgehead atoms. The van der Waals surface area contributed by atoms with Crippen LogP contribution in [0.5, 0.6) is 0 Å². The standard InChI is InChI=1S/C14H16N2O/c1-4-12-11(15-7-1)10-13(17-12)14-5-2-8-16(14)9-3-6-14/h1,4,7,10H,2-3,5-6,8-9H2. The van der Waals surface area contributed by atoms with Crippen LogP contribution in [0.4, 0.5) is 0 Å². The smallest absolute Gasteiger partial charge is 0.152 e. The predicted molar refractivity (Wildman–Crippen MR) is 65.7 cm³/mol. The third-order valence-corrected chi connectivity index (χ3v) is 4.39. The lowest BCUT2D eigenvalue weighted by atomic mass is 9.91. The molecule has 0 aliphatic carbocycles. The Labute approximate surface area is 100 Å². The van der Waals surface area contributed by atoms with E-state index in [1.54, 1.807) is 0 Å². The van der Waals surface area contributed by atoms with E-state index in [0.29, 0.717) is 0 Å². The highest BCUT2D eigenvalue weighted by Crippen LogP contribution is 2.47. The highest BCUT2D eigenvalue weighted by Gasteiger charge is 2.47. The van der Waals surface area contributed by atoms with Gasteiger partial charge in [0.15, 0.2) is 5.58 Å². The van der Waals surface area contributed by atoms with Gasteiger partial charge in [-0.3, -0.25) is 9.88 Å². The van der Waals surface area contributed by atoms with E-state index in [4.69, 9.17) is 4.42 Å². The lowest BCUT2D eigenvalue weighted by molar-refractivity contribution is 0.166. The second-order valence-corrected chi connectivity index (χ2v) is 5.22. The third kappa shape index (κ3) is 1.23. The van der Waals surface area contributed by atoms with Crippen molar-refractivity contribution in [3.05, 3.63) is 30.2 Å². The summed E-state index contributed by atoms with van der Waals surface area (Å²) in [6.07, 6.45) is 6.91. The zero-order valence-corrected chi connectivity index (χ0v) is 9.85. The van der Waals surface area contributed by atoms with Crippen molar-refractivity contribution in [2.45, 2.75) is 31.2 Å². The van der Waals surface area contributed by atoms with Crippen LogP contribution in [0, 0.1) is 0 Å². The van der Waals surface area contributed by atoms with Crippen LogP contribution in [0.3, 0.4) is 0 Å². The maximum Gasteiger partial charge on any atom is 0.152 e. The van der Waals surface area contributed by atoms with E-state index < -0.39 is 0 Å². The molecule has 2 saturated heterocycles. The molecule has 0 unspecified atom stereocenters. The second kappa shape index (κ2) is 3.33. The summed E-state index contributed by atoms with van der Waals surface area (Å²) >= 11 is 0. The number of fused-ring (bicyclic) bond motifs is 2. The molecule has 17 heavy (non-hydrogen) atoms. The molecule has 0 spiro atoms. The van der Waals surface area contributed by atoms with Crippen molar-refractivity contribution >= 4 is 11.1 Å². The molecule has 2 fully saturated rings. The Balaban J connectivity index is 1.88. The minimum absolute atomic E-state index is 0.195. The summed E-state index contributed by atoms with van der Waals surface area (Å²) in [6.45, 7) is 2.45. The zero-order chi connectivity index (χ0) is 11.3. The van der Waals surface area contributed by atoms with Crippen LogP contribution >= 0.6 is 0 Å². The lowest BCUT2D eigenvalue weighted by Crippen LogP contribution is -2.34. The highest BCUT2D eigenvalue weighted by atomic mass is 16.3.